The third kappa shape index (κ3) is 3.38. The van der Waals surface area contributed by atoms with Crippen molar-refractivity contribution in [3.05, 3.63) is 29.1 Å². The SMILES string of the molecule is C#CC(NCCC)c1cc(C)nc(C)c1. The molecular weight excluding hydrogens is 184 g/mol. The minimum atomic E-state index is 0.00495. The smallest absolute Gasteiger partial charge is 0.0944 e. The largest absolute Gasteiger partial charge is 0.300 e. The van der Waals surface area contributed by atoms with Crippen molar-refractivity contribution in [2.24, 2.45) is 0 Å². The van der Waals surface area contributed by atoms with Crippen LogP contribution >= 0.6 is 0 Å². The van der Waals surface area contributed by atoms with E-state index in [1.165, 1.54) is 0 Å². The molecule has 1 rings (SSSR count). The molecule has 1 N–H and O–H groups in total. The van der Waals surface area contributed by atoms with E-state index < -0.39 is 0 Å². The summed E-state index contributed by atoms with van der Waals surface area (Å²) >= 11 is 0. The molecule has 1 aromatic rings. The van der Waals surface area contributed by atoms with E-state index >= 15 is 0 Å². The van der Waals surface area contributed by atoms with Crippen molar-refractivity contribution in [2.45, 2.75) is 33.2 Å². The maximum Gasteiger partial charge on any atom is 0.0944 e. The second-order valence-electron chi connectivity index (χ2n) is 3.74. The summed E-state index contributed by atoms with van der Waals surface area (Å²) in [5, 5.41) is 3.33. The van der Waals surface area contributed by atoms with E-state index in [4.69, 9.17) is 6.42 Å². The molecule has 0 fully saturated rings. The minimum Gasteiger partial charge on any atom is -0.300 e. The summed E-state index contributed by atoms with van der Waals surface area (Å²) in [6.45, 7) is 7.05. The average Bonchev–Trinajstić information content (AvgIpc) is 2.17. The molecule has 0 radical (unpaired) electrons. The number of hydrogen-bond donors (Lipinski definition) is 1. The van der Waals surface area contributed by atoms with Crippen molar-refractivity contribution in [1.29, 1.82) is 0 Å². The molecule has 1 atom stereocenters. The molecule has 0 amide bonds. The van der Waals surface area contributed by atoms with Crippen LogP contribution in [0.2, 0.25) is 0 Å². The lowest BCUT2D eigenvalue weighted by molar-refractivity contribution is 0.625. The second kappa shape index (κ2) is 5.53. The summed E-state index contributed by atoms with van der Waals surface area (Å²) in [4.78, 5) is 4.33. The van der Waals surface area contributed by atoms with Crippen molar-refractivity contribution in [2.75, 3.05) is 6.54 Å². The van der Waals surface area contributed by atoms with Gasteiger partial charge in [-0.15, -0.1) is 6.42 Å². The molecule has 0 saturated heterocycles. The summed E-state index contributed by atoms with van der Waals surface area (Å²) in [5.74, 6) is 2.77. The highest BCUT2D eigenvalue weighted by atomic mass is 14.9. The highest BCUT2D eigenvalue weighted by Gasteiger charge is 2.07. The summed E-state index contributed by atoms with van der Waals surface area (Å²) in [6.07, 6.45) is 6.60. The Kier molecular flexibility index (Phi) is 4.33. The van der Waals surface area contributed by atoms with E-state index in [0.29, 0.717) is 0 Å². The number of aryl methyl sites for hydroxylation is 2. The molecule has 1 unspecified atom stereocenters. The number of nitrogens with one attached hydrogen (secondary N) is 1. The lowest BCUT2D eigenvalue weighted by Gasteiger charge is -2.13. The number of terminal acetylenes is 1. The Morgan fingerprint density at radius 3 is 2.47 bits per heavy atom. The van der Waals surface area contributed by atoms with Gasteiger partial charge >= 0.3 is 0 Å². The van der Waals surface area contributed by atoms with Gasteiger partial charge in [-0.1, -0.05) is 12.8 Å². The van der Waals surface area contributed by atoms with E-state index in [2.05, 4.69) is 23.1 Å². The van der Waals surface area contributed by atoms with Crippen molar-refractivity contribution in [1.82, 2.24) is 10.3 Å². The molecule has 0 aliphatic rings. The predicted octanol–water partition coefficient (Wildman–Crippen LogP) is 2.37. The van der Waals surface area contributed by atoms with Gasteiger partial charge in [-0.2, -0.15) is 0 Å². The number of hydrogen-bond acceptors (Lipinski definition) is 2. The first-order valence-corrected chi connectivity index (χ1v) is 5.32. The van der Waals surface area contributed by atoms with Gasteiger partial charge in [-0.3, -0.25) is 4.98 Å². The third-order valence-corrected chi connectivity index (χ3v) is 2.20. The molecule has 0 aliphatic carbocycles. The van der Waals surface area contributed by atoms with Crippen LogP contribution in [0.3, 0.4) is 0 Å². The molecule has 80 valence electrons. The number of rotatable bonds is 4. The third-order valence-electron chi connectivity index (χ3n) is 2.20. The van der Waals surface area contributed by atoms with Crippen LogP contribution in [0.1, 0.15) is 36.3 Å². The Balaban J connectivity index is 2.87. The van der Waals surface area contributed by atoms with Gasteiger partial charge in [0.15, 0.2) is 0 Å². The van der Waals surface area contributed by atoms with Crippen molar-refractivity contribution in [3.8, 4) is 12.3 Å². The topological polar surface area (TPSA) is 24.9 Å². The maximum absolute atomic E-state index is 5.51. The summed E-state index contributed by atoms with van der Waals surface area (Å²) < 4.78 is 0. The quantitative estimate of drug-likeness (QED) is 0.758. The molecule has 2 nitrogen and oxygen atoms in total. The standard InChI is InChI=1S/C13H18N2/c1-5-7-14-13(6-2)12-8-10(3)15-11(4)9-12/h2,8-9,13-14H,5,7H2,1,3-4H3. The molecule has 0 aromatic carbocycles. The normalized spacial score (nSPS) is 12.1. The number of nitrogens with zero attached hydrogens (tertiary/aromatic N) is 1. The summed E-state index contributed by atoms with van der Waals surface area (Å²) in [5.41, 5.74) is 3.17. The Morgan fingerprint density at radius 1 is 1.40 bits per heavy atom. The Morgan fingerprint density at radius 2 is 2.00 bits per heavy atom. The van der Waals surface area contributed by atoms with Gasteiger partial charge in [0.1, 0.15) is 0 Å². The Labute approximate surface area is 92.1 Å². The molecule has 1 heterocycles. The van der Waals surface area contributed by atoms with Crippen LogP contribution in [-0.4, -0.2) is 11.5 Å². The zero-order valence-corrected chi connectivity index (χ0v) is 9.67. The van der Waals surface area contributed by atoms with Crippen molar-refractivity contribution < 1.29 is 0 Å². The predicted molar refractivity (Wildman–Crippen MR) is 63.6 cm³/mol. The van der Waals surface area contributed by atoms with Crippen LogP contribution < -0.4 is 5.32 Å². The molecule has 1 aromatic heterocycles. The van der Waals surface area contributed by atoms with Gasteiger partial charge in [0, 0.05) is 11.4 Å². The fraction of sp³-hybridized carbons (Fsp3) is 0.462. The Bertz CT molecular complexity index is 343. The van der Waals surface area contributed by atoms with Crippen LogP contribution in [0.4, 0.5) is 0 Å². The van der Waals surface area contributed by atoms with Crippen LogP contribution in [0.15, 0.2) is 12.1 Å². The van der Waals surface area contributed by atoms with Crippen LogP contribution in [0, 0.1) is 26.2 Å². The molecule has 0 bridgehead atoms. The summed E-state index contributed by atoms with van der Waals surface area (Å²) in [6, 6.07) is 4.09. The molecule has 0 aliphatic heterocycles. The van der Waals surface area contributed by atoms with E-state index in [-0.39, 0.29) is 6.04 Å². The van der Waals surface area contributed by atoms with Gasteiger partial charge in [0.25, 0.3) is 0 Å². The first-order chi connectivity index (χ1) is 7.17. The maximum atomic E-state index is 5.51. The van der Waals surface area contributed by atoms with Gasteiger partial charge in [-0.25, -0.2) is 0 Å². The van der Waals surface area contributed by atoms with E-state index in [9.17, 15) is 0 Å². The lowest BCUT2D eigenvalue weighted by atomic mass is 10.1. The Hall–Kier alpha value is -1.33. The highest BCUT2D eigenvalue weighted by molar-refractivity contribution is 5.28. The molecule has 2 heteroatoms. The van der Waals surface area contributed by atoms with Gasteiger partial charge in [-0.05, 0) is 44.5 Å². The number of aromatic nitrogens is 1. The zero-order valence-electron chi connectivity index (χ0n) is 9.67. The van der Waals surface area contributed by atoms with Gasteiger partial charge < -0.3 is 5.32 Å². The van der Waals surface area contributed by atoms with Crippen LogP contribution in [0.5, 0.6) is 0 Å². The first kappa shape index (κ1) is 11.7. The fourth-order valence-electron chi connectivity index (χ4n) is 1.60. The molecule has 15 heavy (non-hydrogen) atoms. The van der Waals surface area contributed by atoms with E-state index in [1.54, 1.807) is 0 Å². The van der Waals surface area contributed by atoms with E-state index in [0.717, 1.165) is 29.9 Å². The molecular formula is C13H18N2. The average molecular weight is 202 g/mol. The second-order valence-corrected chi connectivity index (χ2v) is 3.74. The van der Waals surface area contributed by atoms with Crippen molar-refractivity contribution in [3.63, 3.8) is 0 Å². The minimum absolute atomic E-state index is 0.00495. The zero-order chi connectivity index (χ0) is 11.3. The van der Waals surface area contributed by atoms with E-state index in [1.807, 2.05) is 26.0 Å². The van der Waals surface area contributed by atoms with Gasteiger partial charge in [0.05, 0.1) is 6.04 Å². The lowest BCUT2D eigenvalue weighted by Crippen LogP contribution is -2.21. The van der Waals surface area contributed by atoms with Crippen LogP contribution in [-0.2, 0) is 0 Å². The highest BCUT2D eigenvalue weighted by Crippen LogP contribution is 2.14. The van der Waals surface area contributed by atoms with Crippen molar-refractivity contribution >= 4 is 0 Å². The summed E-state index contributed by atoms with van der Waals surface area (Å²) in [7, 11) is 0. The monoisotopic (exact) mass is 202 g/mol. The molecule has 0 saturated carbocycles. The molecule has 0 spiro atoms. The van der Waals surface area contributed by atoms with Crippen LogP contribution in [0.25, 0.3) is 0 Å². The number of pyridine rings is 1. The first-order valence-electron chi connectivity index (χ1n) is 5.32. The fourth-order valence-corrected chi connectivity index (χ4v) is 1.60. The van der Waals surface area contributed by atoms with Gasteiger partial charge in [0.2, 0.25) is 0 Å².